The SMILES string of the molecule is N#Cc1cc(-c2ccc3c(c2)OCO3)ccc1O. The van der Waals surface area contributed by atoms with Crippen LogP contribution in [0.5, 0.6) is 17.2 Å². The quantitative estimate of drug-likeness (QED) is 0.831. The standard InChI is InChI=1S/C14H9NO3/c15-7-11-5-9(1-3-12(11)16)10-2-4-13-14(6-10)18-8-17-13/h1-6,16H,8H2. The van der Waals surface area contributed by atoms with Crippen LogP contribution in [0.1, 0.15) is 5.56 Å². The number of phenolic OH excluding ortho intramolecular Hbond substituents is 1. The highest BCUT2D eigenvalue weighted by Crippen LogP contribution is 2.36. The van der Waals surface area contributed by atoms with E-state index in [1.165, 1.54) is 6.07 Å². The van der Waals surface area contributed by atoms with Crippen molar-refractivity contribution in [1.82, 2.24) is 0 Å². The van der Waals surface area contributed by atoms with E-state index < -0.39 is 0 Å². The molecule has 0 bridgehead atoms. The van der Waals surface area contributed by atoms with Crippen molar-refractivity contribution < 1.29 is 14.6 Å². The van der Waals surface area contributed by atoms with E-state index in [9.17, 15) is 5.11 Å². The molecule has 2 aromatic rings. The highest BCUT2D eigenvalue weighted by atomic mass is 16.7. The van der Waals surface area contributed by atoms with Crippen LogP contribution in [-0.2, 0) is 0 Å². The van der Waals surface area contributed by atoms with Crippen molar-refractivity contribution in [2.45, 2.75) is 0 Å². The average Bonchev–Trinajstić information content (AvgIpc) is 2.86. The summed E-state index contributed by atoms with van der Waals surface area (Å²) >= 11 is 0. The Morgan fingerprint density at radius 1 is 1.00 bits per heavy atom. The smallest absolute Gasteiger partial charge is 0.231 e. The molecule has 0 saturated heterocycles. The summed E-state index contributed by atoms with van der Waals surface area (Å²) < 4.78 is 10.5. The van der Waals surface area contributed by atoms with Gasteiger partial charge in [0.05, 0.1) is 5.56 Å². The van der Waals surface area contributed by atoms with Crippen LogP contribution in [0, 0.1) is 11.3 Å². The molecule has 0 aliphatic carbocycles. The fourth-order valence-electron chi connectivity index (χ4n) is 1.88. The number of hydrogen-bond donors (Lipinski definition) is 1. The highest BCUT2D eigenvalue weighted by Gasteiger charge is 2.14. The van der Waals surface area contributed by atoms with Crippen molar-refractivity contribution in [3.05, 3.63) is 42.0 Å². The second-order valence-electron chi connectivity index (χ2n) is 3.91. The van der Waals surface area contributed by atoms with Gasteiger partial charge < -0.3 is 14.6 Å². The van der Waals surface area contributed by atoms with Crippen LogP contribution in [0.25, 0.3) is 11.1 Å². The zero-order chi connectivity index (χ0) is 12.5. The predicted octanol–water partition coefficient (Wildman–Crippen LogP) is 2.66. The van der Waals surface area contributed by atoms with Gasteiger partial charge in [-0.2, -0.15) is 5.26 Å². The van der Waals surface area contributed by atoms with Gasteiger partial charge >= 0.3 is 0 Å². The van der Waals surface area contributed by atoms with E-state index >= 15 is 0 Å². The zero-order valence-electron chi connectivity index (χ0n) is 9.38. The molecule has 0 fully saturated rings. The van der Waals surface area contributed by atoms with Gasteiger partial charge in [-0.1, -0.05) is 12.1 Å². The van der Waals surface area contributed by atoms with Crippen LogP contribution in [0.15, 0.2) is 36.4 Å². The molecule has 18 heavy (non-hydrogen) atoms. The summed E-state index contributed by atoms with van der Waals surface area (Å²) in [5.74, 6) is 1.40. The molecule has 1 aliphatic heterocycles. The van der Waals surface area contributed by atoms with E-state index in [-0.39, 0.29) is 18.1 Å². The van der Waals surface area contributed by atoms with E-state index in [4.69, 9.17) is 14.7 Å². The van der Waals surface area contributed by atoms with Gasteiger partial charge in [0, 0.05) is 0 Å². The van der Waals surface area contributed by atoms with Gasteiger partial charge in [-0.15, -0.1) is 0 Å². The Bertz CT molecular complexity index is 659. The number of rotatable bonds is 1. The van der Waals surface area contributed by atoms with E-state index in [0.29, 0.717) is 5.75 Å². The summed E-state index contributed by atoms with van der Waals surface area (Å²) in [5, 5.41) is 18.4. The molecule has 1 N–H and O–H groups in total. The molecule has 0 amide bonds. The Hall–Kier alpha value is -2.67. The normalized spacial score (nSPS) is 12.2. The van der Waals surface area contributed by atoms with E-state index in [0.717, 1.165) is 16.9 Å². The predicted molar refractivity (Wildman–Crippen MR) is 64.4 cm³/mol. The molecule has 0 radical (unpaired) electrons. The molecule has 1 heterocycles. The maximum Gasteiger partial charge on any atom is 0.231 e. The van der Waals surface area contributed by atoms with Crippen molar-refractivity contribution in [2.75, 3.05) is 6.79 Å². The lowest BCUT2D eigenvalue weighted by atomic mass is 10.0. The third kappa shape index (κ3) is 1.62. The minimum Gasteiger partial charge on any atom is -0.507 e. The monoisotopic (exact) mass is 239 g/mol. The van der Waals surface area contributed by atoms with Gasteiger partial charge in [-0.3, -0.25) is 0 Å². The van der Waals surface area contributed by atoms with Crippen LogP contribution in [-0.4, -0.2) is 11.9 Å². The summed E-state index contributed by atoms with van der Waals surface area (Å²) in [5.41, 5.74) is 2.02. The number of aromatic hydroxyl groups is 1. The number of benzene rings is 2. The van der Waals surface area contributed by atoms with Crippen LogP contribution >= 0.6 is 0 Å². The molecule has 88 valence electrons. The third-order valence-electron chi connectivity index (χ3n) is 2.82. The maximum atomic E-state index is 9.47. The summed E-state index contributed by atoms with van der Waals surface area (Å²) in [4.78, 5) is 0. The van der Waals surface area contributed by atoms with Crippen molar-refractivity contribution in [3.63, 3.8) is 0 Å². The second-order valence-corrected chi connectivity index (χ2v) is 3.91. The first-order valence-corrected chi connectivity index (χ1v) is 5.41. The van der Waals surface area contributed by atoms with Gasteiger partial charge in [0.1, 0.15) is 11.8 Å². The summed E-state index contributed by atoms with van der Waals surface area (Å²) in [6.07, 6.45) is 0. The van der Waals surface area contributed by atoms with Gasteiger partial charge in [0.2, 0.25) is 6.79 Å². The Balaban J connectivity index is 2.08. The molecule has 4 heteroatoms. The van der Waals surface area contributed by atoms with Crippen molar-refractivity contribution in [1.29, 1.82) is 5.26 Å². The third-order valence-corrected chi connectivity index (χ3v) is 2.82. The lowest BCUT2D eigenvalue weighted by Crippen LogP contribution is -1.92. The fourth-order valence-corrected chi connectivity index (χ4v) is 1.88. The topological polar surface area (TPSA) is 62.5 Å². The number of nitrogens with zero attached hydrogens (tertiary/aromatic N) is 1. The molecule has 0 spiro atoms. The first-order valence-electron chi connectivity index (χ1n) is 5.41. The summed E-state index contributed by atoms with van der Waals surface area (Å²) in [6, 6.07) is 12.4. The molecule has 0 unspecified atom stereocenters. The molecule has 2 aromatic carbocycles. The van der Waals surface area contributed by atoms with Gasteiger partial charge in [-0.25, -0.2) is 0 Å². The van der Waals surface area contributed by atoms with E-state index in [2.05, 4.69) is 0 Å². The lowest BCUT2D eigenvalue weighted by Gasteiger charge is -2.04. The number of fused-ring (bicyclic) bond motifs is 1. The van der Waals surface area contributed by atoms with Crippen molar-refractivity contribution in [2.24, 2.45) is 0 Å². The van der Waals surface area contributed by atoms with Crippen LogP contribution < -0.4 is 9.47 Å². The fraction of sp³-hybridized carbons (Fsp3) is 0.0714. The highest BCUT2D eigenvalue weighted by molar-refractivity contribution is 5.70. The number of hydrogen-bond acceptors (Lipinski definition) is 4. The van der Waals surface area contributed by atoms with Crippen molar-refractivity contribution in [3.8, 4) is 34.4 Å². The van der Waals surface area contributed by atoms with Crippen LogP contribution in [0.3, 0.4) is 0 Å². The minimum atomic E-state index is -0.0120. The second kappa shape index (κ2) is 3.97. The lowest BCUT2D eigenvalue weighted by molar-refractivity contribution is 0.174. The molecular formula is C14H9NO3. The van der Waals surface area contributed by atoms with Gasteiger partial charge in [0.25, 0.3) is 0 Å². The van der Waals surface area contributed by atoms with Gasteiger partial charge in [-0.05, 0) is 35.4 Å². The minimum absolute atomic E-state index is 0.0120. The zero-order valence-corrected chi connectivity index (χ0v) is 9.38. The molecule has 0 saturated carbocycles. The first kappa shape index (κ1) is 10.5. The molecule has 0 aromatic heterocycles. The summed E-state index contributed by atoms with van der Waals surface area (Å²) in [7, 11) is 0. The Morgan fingerprint density at radius 2 is 1.72 bits per heavy atom. The number of nitriles is 1. The molecule has 4 nitrogen and oxygen atoms in total. The molecule has 3 rings (SSSR count). The number of phenols is 1. The van der Waals surface area contributed by atoms with Crippen LogP contribution in [0.2, 0.25) is 0 Å². The summed E-state index contributed by atoms with van der Waals surface area (Å²) in [6.45, 7) is 0.234. The molecule has 0 atom stereocenters. The Kier molecular flexibility index (Phi) is 2.31. The van der Waals surface area contributed by atoms with Crippen LogP contribution in [0.4, 0.5) is 0 Å². The largest absolute Gasteiger partial charge is 0.507 e. The molecule has 1 aliphatic rings. The molecular weight excluding hydrogens is 230 g/mol. The van der Waals surface area contributed by atoms with E-state index in [1.54, 1.807) is 12.1 Å². The van der Waals surface area contributed by atoms with E-state index in [1.807, 2.05) is 24.3 Å². The maximum absolute atomic E-state index is 9.47. The Labute approximate surface area is 104 Å². The van der Waals surface area contributed by atoms with Gasteiger partial charge in [0.15, 0.2) is 11.5 Å². The first-order chi connectivity index (χ1) is 8.78. The number of ether oxygens (including phenoxy) is 2. The Morgan fingerprint density at radius 3 is 2.56 bits per heavy atom. The average molecular weight is 239 g/mol. The van der Waals surface area contributed by atoms with Crippen molar-refractivity contribution >= 4 is 0 Å².